The van der Waals surface area contributed by atoms with Crippen LogP contribution in [0.15, 0.2) is 71.2 Å². The molecule has 0 spiro atoms. The van der Waals surface area contributed by atoms with Gasteiger partial charge in [0.15, 0.2) is 11.0 Å². The molecule has 1 N–H and O–H groups in total. The predicted octanol–water partition coefficient (Wildman–Crippen LogP) is 7.40. The summed E-state index contributed by atoms with van der Waals surface area (Å²) in [6, 6.07) is 19.7. The number of hydrogen-bond acceptors (Lipinski definition) is 7. The molecule has 0 aliphatic carbocycles. The first kappa shape index (κ1) is 27.4. The van der Waals surface area contributed by atoms with Crippen molar-refractivity contribution < 1.29 is 14.3 Å². The van der Waals surface area contributed by atoms with Crippen molar-refractivity contribution >= 4 is 34.7 Å². The van der Waals surface area contributed by atoms with Crippen LogP contribution in [-0.4, -0.2) is 39.1 Å². The molecule has 1 atom stereocenters. The molecule has 1 amide bonds. The number of benzene rings is 2. The number of nitrogens with zero attached hydrogens (tertiary/aromatic N) is 3. The lowest BCUT2D eigenvalue weighted by atomic mass is 9.82. The summed E-state index contributed by atoms with van der Waals surface area (Å²) >= 11 is 3.02. The summed E-state index contributed by atoms with van der Waals surface area (Å²) in [5, 5.41) is 14.5. The van der Waals surface area contributed by atoms with Gasteiger partial charge < -0.3 is 14.8 Å². The third-order valence-electron chi connectivity index (χ3n) is 7.09. The second-order valence-electron chi connectivity index (χ2n) is 10.3. The standard InChI is InChI=1S/C30H34N4O3S2/c1-4-30(2,3)21-9-13-23(14-10-21)37-24-15-11-22(12-16-24)31-27(35)20-39-29-33-32-28(26-8-6-18-38-26)34(29)19-25-7-5-17-36-25/h6,8-16,18,25H,4-5,7,17,19-20H2,1-3H3,(H,31,35)/t25-/m1/s1. The van der Waals surface area contributed by atoms with E-state index in [1.165, 1.54) is 17.3 Å². The Morgan fingerprint density at radius 3 is 2.51 bits per heavy atom. The van der Waals surface area contributed by atoms with Crippen molar-refractivity contribution in [3.63, 3.8) is 0 Å². The first-order chi connectivity index (χ1) is 18.9. The number of carbonyl (C=O) groups excluding carboxylic acids is 1. The Bertz CT molecular complexity index is 1360. The van der Waals surface area contributed by atoms with Crippen LogP contribution >= 0.6 is 23.1 Å². The number of ether oxygens (including phenoxy) is 2. The smallest absolute Gasteiger partial charge is 0.234 e. The van der Waals surface area contributed by atoms with Gasteiger partial charge in [-0.05, 0) is 78.1 Å². The van der Waals surface area contributed by atoms with Crippen LogP contribution in [0.3, 0.4) is 0 Å². The fourth-order valence-electron chi connectivity index (χ4n) is 4.39. The van der Waals surface area contributed by atoms with E-state index in [1.807, 2.05) is 53.9 Å². The largest absolute Gasteiger partial charge is 0.457 e. The van der Waals surface area contributed by atoms with E-state index in [2.05, 4.69) is 53.0 Å². The number of carbonyl (C=O) groups is 1. The summed E-state index contributed by atoms with van der Waals surface area (Å²) < 4.78 is 13.9. The molecular formula is C30H34N4O3S2. The lowest BCUT2D eigenvalue weighted by molar-refractivity contribution is -0.113. The highest BCUT2D eigenvalue weighted by molar-refractivity contribution is 7.99. The maximum atomic E-state index is 12.7. The molecule has 1 saturated heterocycles. The van der Waals surface area contributed by atoms with Crippen LogP contribution in [-0.2, 0) is 21.5 Å². The molecule has 39 heavy (non-hydrogen) atoms. The number of thioether (sulfide) groups is 1. The van der Waals surface area contributed by atoms with Gasteiger partial charge in [0.25, 0.3) is 0 Å². The molecule has 5 rings (SSSR count). The number of thiophene rings is 1. The Balaban J connectivity index is 1.17. The number of aromatic nitrogens is 3. The highest BCUT2D eigenvalue weighted by Gasteiger charge is 2.23. The molecule has 204 valence electrons. The maximum absolute atomic E-state index is 12.7. The van der Waals surface area contributed by atoms with Crippen LogP contribution in [0, 0.1) is 0 Å². The molecule has 3 heterocycles. The van der Waals surface area contributed by atoms with Crippen molar-refractivity contribution in [1.82, 2.24) is 14.8 Å². The minimum Gasteiger partial charge on any atom is -0.457 e. The molecule has 9 heteroatoms. The van der Waals surface area contributed by atoms with Crippen LogP contribution in [0.4, 0.5) is 5.69 Å². The molecule has 0 unspecified atom stereocenters. The Morgan fingerprint density at radius 2 is 1.87 bits per heavy atom. The van der Waals surface area contributed by atoms with Crippen LogP contribution in [0.2, 0.25) is 0 Å². The van der Waals surface area contributed by atoms with Gasteiger partial charge in [0.2, 0.25) is 5.91 Å². The van der Waals surface area contributed by atoms with Gasteiger partial charge in [-0.15, -0.1) is 21.5 Å². The van der Waals surface area contributed by atoms with Crippen LogP contribution in [0.25, 0.3) is 10.7 Å². The molecule has 0 bridgehead atoms. The monoisotopic (exact) mass is 562 g/mol. The molecule has 7 nitrogen and oxygen atoms in total. The third kappa shape index (κ3) is 6.90. The number of rotatable bonds is 11. The van der Waals surface area contributed by atoms with Gasteiger partial charge in [-0.25, -0.2) is 0 Å². The van der Waals surface area contributed by atoms with E-state index in [0.29, 0.717) is 18.0 Å². The number of hydrogen-bond donors (Lipinski definition) is 1. The minimum absolute atomic E-state index is 0.105. The Labute approximate surface area is 238 Å². The summed E-state index contributed by atoms with van der Waals surface area (Å²) in [6.45, 7) is 8.16. The SMILES string of the molecule is CCC(C)(C)c1ccc(Oc2ccc(NC(=O)CSc3nnc(-c4cccs4)n3C[C@H]3CCCO3)cc2)cc1. The molecule has 1 aliphatic rings. The van der Waals surface area contributed by atoms with E-state index in [0.717, 1.165) is 47.5 Å². The van der Waals surface area contributed by atoms with Gasteiger partial charge in [0.05, 0.1) is 23.3 Å². The topological polar surface area (TPSA) is 78.3 Å². The van der Waals surface area contributed by atoms with Gasteiger partial charge in [-0.3, -0.25) is 9.36 Å². The zero-order valence-corrected chi connectivity index (χ0v) is 24.2. The predicted molar refractivity (Wildman–Crippen MR) is 158 cm³/mol. The normalized spacial score (nSPS) is 15.4. The zero-order valence-electron chi connectivity index (χ0n) is 22.6. The van der Waals surface area contributed by atoms with E-state index >= 15 is 0 Å². The van der Waals surface area contributed by atoms with Crippen molar-refractivity contribution in [2.24, 2.45) is 0 Å². The lowest BCUT2D eigenvalue weighted by Gasteiger charge is -2.23. The Kier molecular flexibility index (Phi) is 8.69. The van der Waals surface area contributed by atoms with Gasteiger partial charge in [-0.2, -0.15) is 0 Å². The number of amides is 1. The van der Waals surface area contributed by atoms with Gasteiger partial charge in [0.1, 0.15) is 11.5 Å². The van der Waals surface area contributed by atoms with E-state index in [9.17, 15) is 4.79 Å². The van der Waals surface area contributed by atoms with Gasteiger partial charge in [0, 0.05) is 12.3 Å². The van der Waals surface area contributed by atoms with E-state index in [1.54, 1.807) is 11.3 Å². The number of anilines is 1. The average Bonchev–Trinajstić information content (AvgIpc) is 3.72. The van der Waals surface area contributed by atoms with Crippen molar-refractivity contribution in [2.75, 3.05) is 17.7 Å². The molecular weight excluding hydrogens is 528 g/mol. The molecule has 2 aromatic heterocycles. The van der Waals surface area contributed by atoms with Crippen LogP contribution in [0.5, 0.6) is 11.5 Å². The van der Waals surface area contributed by atoms with Crippen molar-refractivity contribution in [2.45, 2.75) is 63.3 Å². The van der Waals surface area contributed by atoms with Crippen molar-refractivity contribution in [3.05, 3.63) is 71.6 Å². The van der Waals surface area contributed by atoms with E-state index in [-0.39, 0.29) is 23.2 Å². The molecule has 2 aromatic carbocycles. The van der Waals surface area contributed by atoms with Crippen molar-refractivity contribution in [1.29, 1.82) is 0 Å². The summed E-state index contributed by atoms with van der Waals surface area (Å²) in [5.41, 5.74) is 2.15. The summed E-state index contributed by atoms with van der Waals surface area (Å²) in [6.07, 6.45) is 3.31. The van der Waals surface area contributed by atoms with Gasteiger partial charge >= 0.3 is 0 Å². The second-order valence-corrected chi connectivity index (χ2v) is 12.1. The van der Waals surface area contributed by atoms with Crippen LogP contribution < -0.4 is 10.1 Å². The number of nitrogens with one attached hydrogen (secondary N) is 1. The van der Waals surface area contributed by atoms with E-state index < -0.39 is 0 Å². The zero-order chi connectivity index (χ0) is 27.2. The second kappa shape index (κ2) is 12.4. The highest BCUT2D eigenvalue weighted by atomic mass is 32.2. The first-order valence-electron chi connectivity index (χ1n) is 13.3. The molecule has 4 aromatic rings. The molecule has 1 fully saturated rings. The minimum atomic E-state index is -0.105. The first-order valence-corrected chi connectivity index (χ1v) is 15.2. The van der Waals surface area contributed by atoms with Gasteiger partial charge in [-0.1, -0.05) is 50.7 Å². The molecule has 0 saturated carbocycles. The van der Waals surface area contributed by atoms with Crippen LogP contribution in [0.1, 0.15) is 45.6 Å². The van der Waals surface area contributed by atoms with E-state index in [4.69, 9.17) is 9.47 Å². The average molecular weight is 563 g/mol. The summed E-state index contributed by atoms with van der Waals surface area (Å²) in [7, 11) is 0. The summed E-state index contributed by atoms with van der Waals surface area (Å²) in [4.78, 5) is 13.8. The fourth-order valence-corrected chi connectivity index (χ4v) is 5.85. The fraction of sp³-hybridized carbons (Fsp3) is 0.367. The maximum Gasteiger partial charge on any atom is 0.234 e. The Hall–Kier alpha value is -3.14. The molecule has 0 radical (unpaired) electrons. The Morgan fingerprint density at radius 1 is 1.13 bits per heavy atom. The quantitative estimate of drug-likeness (QED) is 0.192. The highest BCUT2D eigenvalue weighted by Crippen LogP contribution is 2.31. The molecule has 1 aliphatic heterocycles. The third-order valence-corrected chi connectivity index (χ3v) is 8.93. The van der Waals surface area contributed by atoms with Crippen molar-refractivity contribution in [3.8, 4) is 22.2 Å². The summed E-state index contributed by atoms with van der Waals surface area (Å²) in [5.74, 6) is 2.45. The lowest BCUT2D eigenvalue weighted by Crippen LogP contribution is -2.18.